The molecule has 0 saturated carbocycles. The topological polar surface area (TPSA) is 54.3 Å². The van der Waals surface area contributed by atoms with E-state index in [0.717, 1.165) is 44.5 Å². The van der Waals surface area contributed by atoms with Crippen LogP contribution >= 0.6 is 0 Å². The smallest absolute Gasteiger partial charge is 0.250 e. The molecule has 0 unspecified atom stereocenters. The van der Waals surface area contributed by atoms with Gasteiger partial charge in [-0.25, -0.2) is 4.98 Å². The molecule has 136 valence electrons. The van der Waals surface area contributed by atoms with E-state index in [1.54, 1.807) is 6.07 Å². The highest BCUT2D eigenvalue weighted by Crippen LogP contribution is 2.36. The molecule has 2 bridgehead atoms. The lowest BCUT2D eigenvalue weighted by Crippen LogP contribution is -2.47. The first-order valence-corrected chi connectivity index (χ1v) is 9.80. The summed E-state index contributed by atoms with van der Waals surface area (Å²) in [6, 6.07) is 7.72. The normalized spacial score (nSPS) is 25.1. The summed E-state index contributed by atoms with van der Waals surface area (Å²) < 4.78 is 1.98. The summed E-state index contributed by atoms with van der Waals surface area (Å²) in [5.74, 6) is 2.82. The number of rotatable bonds is 2. The fourth-order valence-corrected chi connectivity index (χ4v) is 4.85. The maximum atomic E-state index is 12.2. The average Bonchev–Trinajstić information content (AvgIpc) is 2.69. The van der Waals surface area contributed by atoms with Crippen LogP contribution in [0.3, 0.4) is 0 Å². The Hall–Kier alpha value is -2.37. The summed E-state index contributed by atoms with van der Waals surface area (Å²) in [5.41, 5.74) is 1.32. The molecule has 0 amide bonds. The lowest BCUT2D eigenvalue weighted by atomic mass is 9.83. The molecule has 0 spiro atoms. The molecule has 3 aliphatic rings. The number of anilines is 2. The van der Waals surface area contributed by atoms with E-state index in [4.69, 9.17) is 4.98 Å². The van der Waals surface area contributed by atoms with E-state index >= 15 is 0 Å². The SMILES string of the molecule is O=c1cccc2n1C[C@H]1C[C@@H]2CN(c2ccnc(N3CCCCC3)n2)C1. The zero-order chi connectivity index (χ0) is 17.5. The van der Waals surface area contributed by atoms with Crippen molar-refractivity contribution in [3.05, 3.63) is 46.5 Å². The number of nitrogens with zero attached hydrogens (tertiary/aromatic N) is 5. The highest BCUT2D eigenvalue weighted by Gasteiger charge is 2.35. The van der Waals surface area contributed by atoms with Gasteiger partial charge in [-0.15, -0.1) is 0 Å². The van der Waals surface area contributed by atoms with Crippen LogP contribution in [0.2, 0.25) is 0 Å². The van der Waals surface area contributed by atoms with E-state index in [1.165, 1.54) is 31.4 Å². The molecular weight excluding hydrogens is 326 g/mol. The van der Waals surface area contributed by atoms with Gasteiger partial charge in [-0.2, -0.15) is 4.98 Å². The van der Waals surface area contributed by atoms with Gasteiger partial charge in [0.15, 0.2) is 0 Å². The highest BCUT2D eigenvalue weighted by atomic mass is 16.1. The van der Waals surface area contributed by atoms with Gasteiger partial charge in [0.1, 0.15) is 5.82 Å². The Balaban J connectivity index is 1.41. The second-order valence-electron chi connectivity index (χ2n) is 7.87. The van der Waals surface area contributed by atoms with Crippen molar-refractivity contribution < 1.29 is 0 Å². The maximum absolute atomic E-state index is 12.2. The van der Waals surface area contributed by atoms with Gasteiger partial charge in [-0.05, 0) is 43.7 Å². The molecule has 2 saturated heterocycles. The third kappa shape index (κ3) is 2.77. The van der Waals surface area contributed by atoms with E-state index in [0.29, 0.717) is 11.8 Å². The first-order chi connectivity index (χ1) is 12.8. The predicted octanol–water partition coefficient (Wildman–Crippen LogP) is 2.25. The first kappa shape index (κ1) is 15.9. The Morgan fingerprint density at radius 1 is 0.962 bits per heavy atom. The van der Waals surface area contributed by atoms with Gasteiger partial charge < -0.3 is 14.4 Å². The fourth-order valence-electron chi connectivity index (χ4n) is 4.85. The number of hydrogen-bond donors (Lipinski definition) is 0. The number of piperidine rings is 2. The van der Waals surface area contributed by atoms with Gasteiger partial charge in [0.05, 0.1) is 0 Å². The standard InChI is InChI=1S/C20H25N5O/c26-19-6-4-5-17-16-11-15(13-25(17)19)12-24(14-16)18-7-8-21-20(22-18)23-9-2-1-3-10-23/h4-8,15-16H,1-3,9-14H2/t15-,16+/m0/s1. The molecule has 5 heterocycles. The first-order valence-electron chi connectivity index (χ1n) is 9.80. The number of fused-ring (bicyclic) bond motifs is 4. The van der Waals surface area contributed by atoms with Gasteiger partial charge in [0.25, 0.3) is 5.56 Å². The van der Waals surface area contributed by atoms with Crippen LogP contribution in [0.15, 0.2) is 35.3 Å². The molecule has 0 N–H and O–H groups in total. The minimum atomic E-state index is 0.139. The van der Waals surface area contributed by atoms with Crippen LogP contribution in [0, 0.1) is 5.92 Å². The molecule has 2 aromatic heterocycles. The summed E-state index contributed by atoms with van der Waals surface area (Å²) in [4.78, 5) is 26.3. The zero-order valence-corrected chi connectivity index (χ0v) is 15.0. The summed E-state index contributed by atoms with van der Waals surface area (Å²) in [5, 5.41) is 0. The molecule has 2 atom stereocenters. The van der Waals surface area contributed by atoms with E-state index in [2.05, 4.69) is 20.9 Å². The lowest BCUT2D eigenvalue weighted by molar-refractivity contribution is 0.280. The molecule has 0 radical (unpaired) electrons. The van der Waals surface area contributed by atoms with Crippen molar-refractivity contribution in [3.63, 3.8) is 0 Å². The minimum Gasteiger partial charge on any atom is -0.355 e. The van der Waals surface area contributed by atoms with Crippen molar-refractivity contribution in [3.8, 4) is 0 Å². The Morgan fingerprint density at radius 2 is 1.85 bits per heavy atom. The van der Waals surface area contributed by atoms with Crippen LogP contribution in [0.1, 0.15) is 37.3 Å². The largest absolute Gasteiger partial charge is 0.355 e. The Kier molecular flexibility index (Phi) is 3.91. The second-order valence-corrected chi connectivity index (χ2v) is 7.87. The van der Waals surface area contributed by atoms with Crippen molar-refractivity contribution in [2.75, 3.05) is 36.0 Å². The zero-order valence-electron chi connectivity index (χ0n) is 15.0. The van der Waals surface area contributed by atoms with Crippen molar-refractivity contribution in [2.45, 2.75) is 38.1 Å². The minimum absolute atomic E-state index is 0.139. The van der Waals surface area contributed by atoms with E-state index in [1.807, 2.05) is 22.9 Å². The van der Waals surface area contributed by atoms with Crippen molar-refractivity contribution in [1.82, 2.24) is 14.5 Å². The number of hydrogen-bond acceptors (Lipinski definition) is 5. The van der Waals surface area contributed by atoms with E-state index < -0.39 is 0 Å². The molecule has 5 rings (SSSR count). The van der Waals surface area contributed by atoms with Crippen molar-refractivity contribution in [1.29, 1.82) is 0 Å². The average molecular weight is 351 g/mol. The maximum Gasteiger partial charge on any atom is 0.250 e. The van der Waals surface area contributed by atoms with Crippen LogP contribution in [0.5, 0.6) is 0 Å². The predicted molar refractivity (Wildman–Crippen MR) is 102 cm³/mol. The van der Waals surface area contributed by atoms with Crippen LogP contribution in [-0.2, 0) is 6.54 Å². The molecule has 3 aliphatic heterocycles. The monoisotopic (exact) mass is 351 g/mol. The third-order valence-electron chi connectivity index (χ3n) is 6.07. The second kappa shape index (κ2) is 6.41. The van der Waals surface area contributed by atoms with Crippen molar-refractivity contribution >= 4 is 11.8 Å². The Bertz CT molecular complexity index is 857. The third-order valence-corrected chi connectivity index (χ3v) is 6.07. The fraction of sp³-hybridized carbons (Fsp3) is 0.550. The molecule has 2 fully saturated rings. The molecular formula is C20H25N5O. The molecule has 6 nitrogen and oxygen atoms in total. The molecule has 0 aliphatic carbocycles. The van der Waals surface area contributed by atoms with Gasteiger partial charge in [0.2, 0.25) is 5.95 Å². The molecule has 0 aromatic carbocycles. The lowest BCUT2D eigenvalue weighted by Gasteiger charge is -2.43. The van der Waals surface area contributed by atoms with Gasteiger partial charge in [-0.1, -0.05) is 6.07 Å². The van der Waals surface area contributed by atoms with Gasteiger partial charge in [-0.3, -0.25) is 4.79 Å². The quantitative estimate of drug-likeness (QED) is 0.831. The van der Waals surface area contributed by atoms with Crippen LogP contribution < -0.4 is 15.4 Å². The summed E-state index contributed by atoms with van der Waals surface area (Å²) >= 11 is 0. The molecule has 26 heavy (non-hydrogen) atoms. The summed E-state index contributed by atoms with van der Waals surface area (Å²) in [6.45, 7) is 4.84. The van der Waals surface area contributed by atoms with Crippen LogP contribution in [0.4, 0.5) is 11.8 Å². The van der Waals surface area contributed by atoms with Crippen LogP contribution in [0.25, 0.3) is 0 Å². The van der Waals surface area contributed by atoms with Gasteiger partial charge >= 0.3 is 0 Å². The number of aromatic nitrogens is 3. The summed E-state index contributed by atoms with van der Waals surface area (Å²) in [6.07, 6.45) is 6.84. The highest BCUT2D eigenvalue weighted by molar-refractivity contribution is 5.45. The number of pyridine rings is 1. The molecule has 2 aromatic rings. The van der Waals surface area contributed by atoms with E-state index in [9.17, 15) is 4.79 Å². The van der Waals surface area contributed by atoms with Crippen LogP contribution in [-0.4, -0.2) is 40.7 Å². The van der Waals surface area contributed by atoms with E-state index in [-0.39, 0.29) is 5.56 Å². The van der Waals surface area contributed by atoms with Gasteiger partial charge in [0, 0.05) is 56.6 Å². The summed E-state index contributed by atoms with van der Waals surface area (Å²) in [7, 11) is 0. The Labute approximate surface area is 153 Å². The Morgan fingerprint density at radius 3 is 2.73 bits per heavy atom. The van der Waals surface area contributed by atoms with Crippen molar-refractivity contribution in [2.24, 2.45) is 5.92 Å². The molecule has 6 heteroatoms.